The molecule has 6 N–H and O–H groups in total. The van der Waals surface area contributed by atoms with Crippen molar-refractivity contribution in [1.82, 2.24) is 0 Å². The van der Waals surface area contributed by atoms with E-state index in [0.29, 0.717) is 0 Å². The Morgan fingerprint density at radius 2 is 1.50 bits per heavy atom. The lowest BCUT2D eigenvalue weighted by Crippen LogP contribution is -2.48. The van der Waals surface area contributed by atoms with Gasteiger partial charge in [-0.25, -0.2) is 4.79 Å². The van der Waals surface area contributed by atoms with Crippen LogP contribution in [-0.4, -0.2) is 67.6 Å². The van der Waals surface area contributed by atoms with Gasteiger partial charge in [-0.1, -0.05) is 7.43 Å². The van der Waals surface area contributed by atoms with Gasteiger partial charge in [0.25, 0.3) is 0 Å². The molecule has 0 fully saturated rings. The first-order chi connectivity index (χ1) is 5.91. The summed E-state index contributed by atoms with van der Waals surface area (Å²) in [7, 11) is 0. The van der Waals surface area contributed by atoms with E-state index in [0.717, 1.165) is 0 Å². The summed E-state index contributed by atoms with van der Waals surface area (Å²) in [6.07, 6.45) is -7.84. The highest BCUT2D eigenvalue weighted by molar-refractivity contribution is 5.72. The lowest BCUT2D eigenvalue weighted by molar-refractivity contribution is -0.164. The molecule has 0 amide bonds. The van der Waals surface area contributed by atoms with Gasteiger partial charge < -0.3 is 30.6 Å². The molecule has 86 valence electrons. The fourth-order valence-corrected chi connectivity index (χ4v) is 0.668. The Labute approximate surface area is 80.9 Å². The predicted octanol–water partition coefficient (Wildman–Crippen LogP) is -2.86. The average Bonchev–Trinajstić information content (AvgIpc) is 2.12. The molecular formula is C7H16O7. The van der Waals surface area contributed by atoms with Crippen LogP contribution in [0.5, 0.6) is 0 Å². The first-order valence-electron chi connectivity index (χ1n) is 3.47. The maximum Gasteiger partial charge on any atom is 0.335 e. The van der Waals surface area contributed by atoms with Crippen molar-refractivity contribution in [3.05, 3.63) is 0 Å². The van der Waals surface area contributed by atoms with Gasteiger partial charge >= 0.3 is 5.97 Å². The number of aliphatic hydroxyl groups excluding tert-OH is 5. The van der Waals surface area contributed by atoms with Crippen molar-refractivity contribution in [3.8, 4) is 0 Å². The zero-order valence-corrected chi connectivity index (χ0v) is 6.61. The molecule has 0 bridgehead atoms. The number of rotatable bonds is 5. The van der Waals surface area contributed by atoms with E-state index in [1.807, 2.05) is 0 Å². The van der Waals surface area contributed by atoms with E-state index in [9.17, 15) is 4.79 Å². The monoisotopic (exact) mass is 212 g/mol. The molecular weight excluding hydrogens is 196 g/mol. The number of hydrogen-bond donors (Lipinski definition) is 6. The lowest BCUT2D eigenvalue weighted by atomic mass is 10.0. The van der Waals surface area contributed by atoms with E-state index in [2.05, 4.69) is 0 Å². The molecule has 7 nitrogen and oxygen atoms in total. The Morgan fingerprint density at radius 3 is 1.79 bits per heavy atom. The topological polar surface area (TPSA) is 138 Å². The van der Waals surface area contributed by atoms with Gasteiger partial charge in [0.15, 0.2) is 6.10 Å². The van der Waals surface area contributed by atoms with Gasteiger partial charge in [-0.2, -0.15) is 0 Å². The molecule has 0 aliphatic rings. The van der Waals surface area contributed by atoms with Gasteiger partial charge in [0.2, 0.25) is 0 Å². The predicted molar refractivity (Wildman–Crippen MR) is 45.5 cm³/mol. The lowest BCUT2D eigenvalue weighted by Gasteiger charge is -2.23. The van der Waals surface area contributed by atoms with Crippen LogP contribution in [-0.2, 0) is 4.79 Å². The van der Waals surface area contributed by atoms with Crippen LogP contribution in [0.3, 0.4) is 0 Å². The second-order valence-electron chi connectivity index (χ2n) is 2.51. The van der Waals surface area contributed by atoms with Crippen LogP contribution < -0.4 is 0 Å². The highest BCUT2D eigenvalue weighted by Gasteiger charge is 2.33. The summed E-state index contributed by atoms with van der Waals surface area (Å²) in [5.74, 6) is -1.73. The molecule has 0 aliphatic heterocycles. The van der Waals surface area contributed by atoms with E-state index in [1.54, 1.807) is 0 Å². The molecule has 0 spiro atoms. The third-order valence-corrected chi connectivity index (χ3v) is 1.51. The summed E-state index contributed by atoms with van der Waals surface area (Å²) in [5.41, 5.74) is 0. The minimum absolute atomic E-state index is 0. The first-order valence-corrected chi connectivity index (χ1v) is 3.47. The Morgan fingerprint density at radius 1 is 1.07 bits per heavy atom. The van der Waals surface area contributed by atoms with E-state index in [-0.39, 0.29) is 7.43 Å². The van der Waals surface area contributed by atoms with Crippen molar-refractivity contribution in [2.45, 2.75) is 31.8 Å². The molecule has 7 heteroatoms. The number of carboxylic acids is 1. The molecule has 4 atom stereocenters. The van der Waals surface area contributed by atoms with E-state index in [1.165, 1.54) is 0 Å². The van der Waals surface area contributed by atoms with Crippen LogP contribution >= 0.6 is 0 Å². The molecule has 4 unspecified atom stereocenters. The van der Waals surface area contributed by atoms with Gasteiger partial charge in [0.05, 0.1) is 6.61 Å². The van der Waals surface area contributed by atoms with Crippen molar-refractivity contribution < 1.29 is 35.4 Å². The Bertz CT molecular complexity index is 171. The SMILES string of the molecule is C.O=C(O)C(O)C(O)C(O)C(O)CO. The second kappa shape index (κ2) is 6.68. The Hall–Kier alpha value is -0.730. The van der Waals surface area contributed by atoms with E-state index < -0.39 is 37.0 Å². The molecule has 0 rings (SSSR count). The number of aliphatic hydroxyl groups is 5. The molecule has 0 heterocycles. The Balaban J connectivity index is 0. The van der Waals surface area contributed by atoms with Crippen molar-refractivity contribution in [3.63, 3.8) is 0 Å². The summed E-state index contributed by atoms with van der Waals surface area (Å²) in [5, 5.41) is 51.8. The van der Waals surface area contributed by atoms with Crippen LogP contribution in [0.1, 0.15) is 7.43 Å². The highest BCUT2D eigenvalue weighted by Crippen LogP contribution is 2.04. The fourth-order valence-electron chi connectivity index (χ4n) is 0.668. The summed E-state index contributed by atoms with van der Waals surface area (Å²) in [4.78, 5) is 10.1. The number of aliphatic carboxylic acids is 1. The second-order valence-corrected chi connectivity index (χ2v) is 2.51. The molecule has 0 aromatic rings. The van der Waals surface area contributed by atoms with Gasteiger partial charge in [-0.3, -0.25) is 0 Å². The van der Waals surface area contributed by atoms with Crippen LogP contribution in [0, 0.1) is 0 Å². The number of hydrogen-bond acceptors (Lipinski definition) is 6. The number of carboxylic acid groups (broad SMARTS) is 1. The fraction of sp³-hybridized carbons (Fsp3) is 0.857. The van der Waals surface area contributed by atoms with Crippen LogP contribution in [0.2, 0.25) is 0 Å². The van der Waals surface area contributed by atoms with Crippen molar-refractivity contribution >= 4 is 5.97 Å². The highest BCUT2D eigenvalue weighted by atomic mass is 16.4. The Kier molecular flexibility index (Phi) is 7.51. The third-order valence-electron chi connectivity index (χ3n) is 1.51. The quantitative estimate of drug-likeness (QED) is 0.288. The molecule has 0 radical (unpaired) electrons. The summed E-state index contributed by atoms with van der Waals surface area (Å²) in [6.45, 7) is -0.843. The summed E-state index contributed by atoms with van der Waals surface area (Å²) >= 11 is 0. The molecule has 0 aromatic heterocycles. The van der Waals surface area contributed by atoms with Crippen LogP contribution in [0.15, 0.2) is 0 Å². The van der Waals surface area contributed by atoms with Gasteiger partial charge in [0, 0.05) is 0 Å². The smallest absolute Gasteiger partial charge is 0.335 e. The average molecular weight is 212 g/mol. The summed E-state index contributed by atoms with van der Waals surface area (Å²) in [6, 6.07) is 0. The van der Waals surface area contributed by atoms with E-state index >= 15 is 0 Å². The van der Waals surface area contributed by atoms with Gasteiger partial charge in [-0.05, 0) is 0 Å². The molecule has 0 aliphatic carbocycles. The van der Waals surface area contributed by atoms with Crippen molar-refractivity contribution in [2.75, 3.05) is 6.61 Å². The molecule has 0 aromatic carbocycles. The van der Waals surface area contributed by atoms with Gasteiger partial charge in [0.1, 0.15) is 18.3 Å². The van der Waals surface area contributed by atoms with Gasteiger partial charge in [-0.15, -0.1) is 0 Å². The van der Waals surface area contributed by atoms with Crippen molar-refractivity contribution in [2.24, 2.45) is 0 Å². The standard InChI is InChI=1S/C6H12O7.CH4/c7-1-2(8)3(9)4(10)5(11)6(12)13;/h2-5,7-11H,1H2,(H,12,13);1H4. The first kappa shape index (κ1) is 15.7. The molecule has 0 saturated heterocycles. The maximum atomic E-state index is 10.1. The molecule has 14 heavy (non-hydrogen) atoms. The molecule has 0 saturated carbocycles. The minimum atomic E-state index is -2.20. The van der Waals surface area contributed by atoms with Crippen molar-refractivity contribution in [1.29, 1.82) is 0 Å². The van der Waals surface area contributed by atoms with Crippen LogP contribution in [0.4, 0.5) is 0 Å². The normalized spacial score (nSPS) is 18.9. The summed E-state index contributed by atoms with van der Waals surface area (Å²) < 4.78 is 0. The third kappa shape index (κ3) is 3.99. The number of carbonyl (C=O) groups is 1. The largest absolute Gasteiger partial charge is 0.479 e. The van der Waals surface area contributed by atoms with Crippen LogP contribution in [0.25, 0.3) is 0 Å². The zero-order valence-electron chi connectivity index (χ0n) is 6.61. The van der Waals surface area contributed by atoms with E-state index in [4.69, 9.17) is 30.6 Å². The maximum absolute atomic E-state index is 10.1. The zero-order chi connectivity index (χ0) is 10.6. The minimum Gasteiger partial charge on any atom is -0.479 e.